The number of hydrogen-bond acceptors (Lipinski definition) is 5. The van der Waals surface area contributed by atoms with Crippen molar-refractivity contribution < 1.29 is 14.5 Å². The van der Waals surface area contributed by atoms with Crippen LogP contribution in [0.3, 0.4) is 0 Å². The van der Waals surface area contributed by atoms with Gasteiger partial charge in [0.15, 0.2) is 5.54 Å². The van der Waals surface area contributed by atoms with Gasteiger partial charge in [-0.3, -0.25) is 19.8 Å². The van der Waals surface area contributed by atoms with Crippen molar-refractivity contribution in [3.8, 4) is 5.75 Å². The van der Waals surface area contributed by atoms with E-state index in [1.807, 2.05) is 30.3 Å². The third kappa shape index (κ3) is 2.00. The molecule has 2 aromatic carbocycles. The molecule has 1 spiro atoms. The summed E-state index contributed by atoms with van der Waals surface area (Å²) in [6.45, 7) is 0.383. The summed E-state index contributed by atoms with van der Waals surface area (Å²) in [4.78, 5) is 26.7. The van der Waals surface area contributed by atoms with Gasteiger partial charge in [0.05, 0.1) is 13.0 Å². The van der Waals surface area contributed by atoms with E-state index in [-0.39, 0.29) is 10.8 Å². The molecular weight excluding hydrogens is 334 g/mol. The Balaban J connectivity index is 1.93. The Bertz CT molecular complexity index is 900. The number of nitro groups is 1. The molecule has 0 unspecified atom stereocenters. The van der Waals surface area contributed by atoms with E-state index in [1.54, 1.807) is 37.3 Å². The molecule has 2 heterocycles. The van der Waals surface area contributed by atoms with Crippen molar-refractivity contribution in [3.05, 3.63) is 69.8 Å². The average molecular weight is 353 g/mol. The quantitative estimate of drug-likeness (QED) is 0.676. The van der Waals surface area contributed by atoms with E-state index in [4.69, 9.17) is 4.74 Å². The highest BCUT2D eigenvalue weighted by Gasteiger charge is 2.68. The molecule has 3 atom stereocenters. The van der Waals surface area contributed by atoms with E-state index in [0.29, 0.717) is 23.5 Å². The molecule has 1 N–H and O–H groups in total. The SMILES string of the molecule is COc1ccccc1[C@@H]1CN(C)[C@]2(C(=O)Nc3ccccc32)[C@@H]1[N+](=O)[O-]. The number of nitrogens with zero attached hydrogens (tertiary/aromatic N) is 2. The molecule has 0 aromatic heterocycles. The molecule has 0 bridgehead atoms. The van der Waals surface area contributed by atoms with E-state index in [2.05, 4.69) is 5.32 Å². The lowest BCUT2D eigenvalue weighted by Crippen LogP contribution is -2.54. The maximum absolute atomic E-state index is 13.0. The van der Waals surface area contributed by atoms with Gasteiger partial charge in [-0.15, -0.1) is 0 Å². The highest BCUT2D eigenvalue weighted by molar-refractivity contribution is 6.06. The van der Waals surface area contributed by atoms with Crippen LogP contribution in [0.4, 0.5) is 5.69 Å². The molecule has 1 saturated heterocycles. The Morgan fingerprint density at radius 1 is 1.23 bits per heavy atom. The first-order chi connectivity index (χ1) is 12.5. The first-order valence-corrected chi connectivity index (χ1v) is 8.40. The Kier molecular flexibility index (Phi) is 3.69. The molecule has 2 aliphatic rings. The van der Waals surface area contributed by atoms with Gasteiger partial charge < -0.3 is 10.1 Å². The fourth-order valence-corrected chi connectivity index (χ4v) is 4.53. The standard InChI is InChI=1S/C19H19N3O4/c1-21-11-13(12-7-3-6-10-16(12)26-2)17(22(24)25)19(21)14-8-4-5-9-15(14)20-18(19)23/h3-10,13,17H,11H2,1-2H3,(H,20,23)/t13-,17+,19-/m0/s1. The maximum atomic E-state index is 13.0. The van der Waals surface area contributed by atoms with E-state index < -0.39 is 17.5 Å². The van der Waals surface area contributed by atoms with Gasteiger partial charge in [-0.25, -0.2) is 0 Å². The lowest BCUT2D eigenvalue weighted by Gasteiger charge is -2.30. The average Bonchev–Trinajstić information content (AvgIpc) is 3.11. The molecular formula is C19H19N3O4. The summed E-state index contributed by atoms with van der Waals surface area (Å²) in [5, 5.41) is 15.0. The van der Waals surface area contributed by atoms with Crippen molar-refractivity contribution in [2.45, 2.75) is 17.5 Å². The minimum atomic E-state index is -1.33. The Morgan fingerprint density at radius 2 is 1.92 bits per heavy atom. The van der Waals surface area contributed by atoms with Crippen molar-refractivity contribution in [3.63, 3.8) is 0 Å². The highest BCUT2D eigenvalue weighted by atomic mass is 16.6. The summed E-state index contributed by atoms with van der Waals surface area (Å²) >= 11 is 0. The normalized spacial score (nSPS) is 27.4. The van der Waals surface area contributed by atoms with E-state index in [9.17, 15) is 14.9 Å². The van der Waals surface area contributed by atoms with Crippen LogP contribution >= 0.6 is 0 Å². The van der Waals surface area contributed by atoms with E-state index in [0.717, 1.165) is 5.56 Å². The van der Waals surface area contributed by atoms with Crippen LogP contribution in [-0.2, 0) is 10.3 Å². The zero-order valence-electron chi connectivity index (χ0n) is 14.5. The second-order valence-electron chi connectivity index (χ2n) is 6.73. The number of para-hydroxylation sites is 2. The predicted molar refractivity (Wildman–Crippen MR) is 95.9 cm³/mol. The third-order valence-corrected chi connectivity index (χ3v) is 5.58. The maximum Gasteiger partial charge on any atom is 0.256 e. The second kappa shape index (κ2) is 5.81. The van der Waals surface area contributed by atoms with Crippen LogP contribution in [0.2, 0.25) is 0 Å². The van der Waals surface area contributed by atoms with Crippen molar-refractivity contribution in [2.75, 3.05) is 26.0 Å². The number of likely N-dealkylation sites (tertiary alicyclic amines) is 1. The largest absolute Gasteiger partial charge is 0.496 e. The van der Waals surface area contributed by atoms with Gasteiger partial charge in [0.25, 0.3) is 11.9 Å². The van der Waals surface area contributed by atoms with Gasteiger partial charge in [-0.05, 0) is 19.2 Å². The van der Waals surface area contributed by atoms with E-state index in [1.165, 1.54) is 0 Å². The molecule has 26 heavy (non-hydrogen) atoms. The highest BCUT2D eigenvalue weighted by Crippen LogP contribution is 2.52. The molecule has 2 aliphatic heterocycles. The van der Waals surface area contributed by atoms with Crippen LogP contribution in [0.15, 0.2) is 48.5 Å². The number of nitrogens with one attached hydrogen (secondary N) is 1. The van der Waals surface area contributed by atoms with Crippen LogP contribution in [-0.4, -0.2) is 42.5 Å². The fourth-order valence-electron chi connectivity index (χ4n) is 4.53. The first kappa shape index (κ1) is 16.5. The van der Waals surface area contributed by atoms with Crippen LogP contribution < -0.4 is 10.1 Å². The number of likely N-dealkylation sites (N-methyl/N-ethyl adjacent to an activating group) is 1. The second-order valence-corrected chi connectivity index (χ2v) is 6.73. The lowest BCUT2D eigenvalue weighted by atomic mass is 9.79. The number of methoxy groups -OCH3 is 1. The van der Waals surface area contributed by atoms with Crippen LogP contribution in [0.5, 0.6) is 5.75 Å². The molecule has 4 rings (SSSR count). The number of carbonyl (C=O) groups excluding carboxylic acids is 1. The van der Waals surface area contributed by atoms with Crippen LogP contribution in [0.1, 0.15) is 17.0 Å². The number of carbonyl (C=O) groups is 1. The van der Waals surface area contributed by atoms with Gasteiger partial charge in [0, 0.05) is 28.3 Å². The van der Waals surface area contributed by atoms with Gasteiger partial charge in [-0.2, -0.15) is 0 Å². The smallest absolute Gasteiger partial charge is 0.256 e. The van der Waals surface area contributed by atoms with Crippen molar-refractivity contribution in [1.82, 2.24) is 4.90 Å². The number of anilines is 1. The molecule has 2 aromatic rings. The number of rotatable bonds is 3. The minimum absolute atomic E-state index is 0.317. The number of hydrogen-bond donors (Lipinski definition) is 1. The number of benzene rings is 2. The minimum Gasteiger partial charge on any atom is -0.496 e. The molecule has 0 radical (unpaired) electrons. The molecule has 1 amide bonds. The van der Waals surface area contributed by atoms with Crippen molar-refractivity contribution in [1.29, 1.82) is 0 Å². The zero-order chi connectivity index (χ0) is 18.5. The number of amides is 1. The monoisotopic (exact) mass is 353 g/mol. The molecule has 134 valence electrons. The summed E-state index contributed by atoms with van der Waals surface area (Å²) in [6, 6.07) is 13.4. The zero-order valence-corrected chi connectivity index (χ0v) is 14.5. The van der Waals surface area contributed by atoms with Crippen molar-refractivity contribution in [2.24, 2.45) is 0 Å². The molecule has 0 saturated carbocycles. The van der Waals surface area contributed by atoms with Gasteiger partial charge in [-0.1, -0.05) is 36.4 Å². The van der Waals surface area contributed by atoms with Crippen LogP contribution in [0.25, 0.3) is 0 Å². The van der Waals surface area contributed by atoms with Gasteiger partial charge in [0.2, 0.25) is 0 Å². The number of fused-ring (bicyclic) bond motifs is 2. The topological polar surface area (TPSA) is 84.7 Å². The Morgan fingerprint density at radius 3 is 2.65 bits per heavy atom. The fraction of sp³-hybridized carbons (Fsp3) is 0.316. The lowest BCUT2D eigenvalue weighted by molar-refractivity contribution is -0.534. The summed E-state index contributed by atoms with van der Waals surface area (Å²) in [5.41, 5.74) is 0.715. The first-order valence-electron chi connectivity index (χ1n) is 8.40. The van der Waals surface area contributed by atoms with Gasteiger partial charge in [0.1, 0.15) is 5.75 Å². The summed E-state index contributed by atoms with van der Waals surface area (Å²) in [5.74, 6) is -0.218. The molecule has 0 aliphatic carbocycles. The Labute approximate surface area is 150 Å². The molecule has 7 heteroatoms. The summed E-state index contributed by atoms with van der Waals surface area (Å²) < 4.78 is 5.43. The van der Waals surface area contributed by atoms with E-state index >= 15 is 0 Å². The summed E-state index contributed by atoms with van der Waals surface area (Å²) in [6.07, 6.45) is 0. The molecule has 7 nitrogen and oxygen atoms in total. The third-order valence-electron chi connectivity index (χ3n) is 5.58. The van der Waals surface area contributed by atoms with Gasteiger partial charge >= 0.3 is 0 Å². The Hall–Kier alpha value is -2.93. The predicted octanol–water partition coefficient (Wildman–Crippen LogP) is 2.22. The summed E-state index contributed by atoms with van der Waals surface area (Å²) in [7, 11) is 3.32. The van der Waals surface area contributed by atoms with Crippen molar-refractivity contribution >= 4 is 11.6 Å². The number of ether oxygens (including phenoxy) is 1. The van der Waals surface area contributed by atoms with Crippen LogP contribution in [0, 0.1) is 10.1 Å². The molecule has 1 fully saturated rings.